The van der Waals surface area contributed by atoms with E-state index in [0.717, 1.165) is 14.9 Å². The summed E-state index contributed by atoms with van der Waals surface area (Å²) in [5.74, 6) is 0.0943. The fourth-order valence-corrected chi connectivity index (χ4v) is 3.88. The third-order valence-corrected chi connectivity index (χ3v) is 5.85. The van der Waals surface area contributed by atoms with E-state index in [-0.39, 0.29) is 18.1 Å². The molecule has 5 nitrogen and oxygen atoms in total. The number of rotatable bonds is 5. The van der Waals surface area contributed by atoms with Gasteiger partial charge in [-0.3, -0.25) is 9.69 Å². The third kappa shape index (κ3) is 4.75. The van der Waals surface area contributed by atoms with Crippen molar-refractivity contribution in [1.29, 1.82) is 0 Å². The number of amides is 3. The zero-order valence-electron chi connectivity index (χ0n) is 14.9. The number of nitrogens with zero attached hydrogens (tertiary/aromatic N) is 1. The van der Waals surface area contributed by atoms with E-state index in [2.05, 4.69) is 21.2 Å². The number of hydrogen-bond donors (Lipinski definition) is 1. The highest BCUT2D eigenvalue weighted by atomic mass is 79.9. The van der Waals surface area contributed by atoms with Gasteiger partial charge >= 0.3 is 6.03 Å². The van der Waals surface area contributed by atoms with Gasteiger partial charge in [-0.2, -0.15) is 0 Å². The predicted molar refractivity (Wildman–Crippen MR) is 115 cm³/mol. The van der Waals surface area contributed by atoms with Crippen molar-refractivity contribution in [3.05, 3.63) is 87.2 Å². The average molecular weight is 490 g/mol. The highest BCUT2D eigenvalue weighted by molar-refractivity contribution is 9.10. The summed E-state index contributed by atoms with van der Waals surface area (Å²) in [7, 11) is 0. The minimum atomic E-state index is -0.452. The van der Waals surface area contributed by atoms with Crippen LogP contribution in [0.15, 0.2) is 85.2 Å². The Morgan fingerprint density at radius 2 is 1.76 bits per heavy atom. The average Bonchev–Trinajstić information content (AvgIpc) is 3.25. The molecule has 0 bridgehead atoms. The van der Waals surface area contributed by atoms with Gasteiger partial charge in [0.05, 0.1) is 6.54 Å². The molecule has 3 aromatic rings. The van der Waals surface area contributed by atoms with Crippen LogP contribution in [-0.4, -0.2) is 16.8 Å². The lowest BCUT2D eigenvalue weighted by atomic mass is 10.2. The summed E-state index contributed by atoms with van der Waals surface area (Å²) in [6.45, 7) is 0.200. The Hall–Kier alpha value is -2.48. The van der Waals surface area contributed by atoms with Crippen molar-refractivity contribution in [3.63, 3.8) is 0 Å². The first-order valence-electron chi connectivity index (χ1n) is 8.60. The molecule has 0 unspecified atom stereocenters. The number of furan rings is 1. The Morgan fingerprint density at radius 1 is 1.03 bits per heavy atom. The summed E-state index contributed by atoms with van der Waals surface area (Å²) in [5, 5.41) is 3.94. The van der Waals surface area contributed by atoms with E-state index in [0.29, 0.717) is 15.9 Å². The molecule has 1 N–H and O–H groups in total. The van der Waals surface area contributed by atoms with E-state index in [1.807, 2.05) is 54.6 Å². The molecule has 0 saturated carbocycles. The zero-order valence-corrected chi connectivity index (χ0v) is 18.1. The van der Waals surface area contributed by atoms with Gasteiger partial charge in [-0.05, 0) is 54.1 Å². The molecule has 1 aromatic heterocycles. The fourth-order valence-electron chi connectivity index (χ4n) is 2.72. The van der Waals surface area contributed by atoms with Crippen molar-refractivity contribution in [2.45, 2.75) is 16.5 Å². The molecule has 2 aromatic carbocycles. The molecule has 8 heteroatoms. The monoisotopic (exact) mass is 488 g/mol. The van der Waals surface area contributed by atoms with Crippen LogP contribution >= 0.6 is 39.3 Å². The number of carbonyl (C=O) groups is 2. The Balaban J connectivity index is 1.46. The van der Waals surface area contributed by atoms with Crippen LogP contribution in [0.25, 0.3) is 6.08 Å². The van der Waals surface area contributed by atoms with Gasteiger partial charge in [-0.15, -0.1) is 0 Å². The molecule has 0 radical (unpaired) electrons. The first-order chi connectivity index (χ1) is 14.0. The normalized spacial score (nSPS) is 15.2. The number of urea groups is 1. The number of imide groups is 1. The second kappa shape index (κ2) is 8.49. The van der Waals surface area contributed by atoms with Crippen molar-refractivity contribution in [3.8, 4) is 0 Å². The SMILES string of the molecule is O=C1N/C(=C/c2ccc(Sc3ccc(Cl)cc3)o2)C(=O)N1Cc1ccc(Br)cc1. The number of halogens is 2. The second-order valence-electron chi connectivity index (χ2n) is 6.22. The van der Waals surface area contributed by atoms with Crippen molar-refractivity contribution in [2.75, 3.05) is 0 Å². The summed E-state index contributed by atoms with van der Waals surface area (Å²) in [4.78, 5) is 27.0. The molecular weight excluding hydrogens is 476 g/mol. The molecule has 1 saturated heterocycles. The smallest absolute Gasteiger partial charge is 0.329 e. The summed E-state index contributed by atoms with van der Waals surface area (Å²) in [6, 6.07) is 18.0. The van der Waals surface area contributed by atoms with Crippen LogP contribution in [0.5, 0.6) is 0 Å². The topological polar surface area (TPSA) is 62.6 Å². The lowest BCUT2D eigenvalue weighted by Crippen LogP contribution is -2.30. The minimum Gasteiger partial charge on any atom is -0.450 e. The lowest BCUT2D eigenvalue weighted by molar-refractivity contribution is -0.123. The molecule has 29 heavy (non-hydrogen) atoms. The summed E-state index contributed by atoms with van der Waals surface area (Å²) >= 11 is 10.7. The first kappa shape index (κ1) is 19.8. The Labute approximate surface area is 184 Å². The van der Waals surface area contributed by atoms with Gasteiger partial charge in [-0.25, -0.2) is 4.79 Å². The number of nitrogens with one attached hydrogen (secondary N) is 1. The van der Waals surface area contributed by atoms with E-state index in [9.17, 15) is 9.59 Å². The minimum absolute atomic E-state index is 0.185. The largest absolute Gasteiger partial charge is 0.450 e. The van der Waals surface area contributed by atoms with E-state index < -0.39 is 6.03 Å². The summed E-state index contributed by atoms with van der Waals surface area (Å²) in [5.41, 5.74) is 1.04. The molecule has 3 amide bonds. The number of carbonyl (C=O) groups excluding carboxylic acids is 2. The van der Waals surface area contributed by atoms with Gasteiger partial charge in [0.1, 0.15) is 11.5 Å². The molecule has 146 valence electrons. The van der Waals surface area contributed by atoms with Gasteiger partial charge < -0.3 is 9.73 Å². The molecule has 2 heterocycles. The van der Waals surface area contributed by atoms with Crippen LogP contribution in [0.1, 0.15) is 11.3 Å². The van der Waals surface area contributed by atoms with Gasteiger partial charge in [-0.1, -0.05) is 51.4 Å². The highest BCUT2D eigenvalue weighted by Crippen LogP contribution is 2.31. The van der Waals surface area contributed by atoms with E-state index in [4.69, 9.17) is 16.0 Å². The van der Waals surface area contributed by atoms with Crippen LogP contribution in [0.3, 0.4) is 0 Å². The van der Waals surface area contributed by atoms with Crippen LogP contribution in [0, 0.1) is 0 Å². The molecule has 4 rings (SSSR count). The maximum Gasteiger partial charge on any atom is 0.329 e. The van der Waals surface area contributed by atoms with Crippen LogP contribution < -0.4 is 5.32 Å². The Morgan fingerprint density at radius 3 is 2.48 bits per heavy atom. The van der Waals surface area contributed by atoms with Gasteiger partial charge in [0, 0.05) is 20.5 Å². The van der Waals surface area contributed by atoms with Crippen molar-refractivity contribution < 1.29 is 14.0 Å². The third-order valence-electron chi connectivity index (χ3n) is 4.14. The maximum atomic E-state index is 12.6. The molecule has 1 fully saturated rings. The Kier molecular flexibility index (Phi) is 5.80. The number of benzene rings is 2. The van der Waals surface area contributed by atoms with Crippen LogP contribution in [0.4, 0.5) is 4.79 Å². The summed E-state index contributed by atoms with van der Waals surface area (Å²) < 4.78 is 6.69. The number of hydrogen-bond acceptors (Lipinski definition) is 4. The maximum absolute atomic E-state index is 12.6. The quantitative estimate of drug-likeness (QED) is 0.356. The molecule has 0 spiro atoms. The fraction of sp³-hybridized carbons (Fsp3) is 0.0476. The molecule has 0 atom stereocenters. The van der Waals surface area contributed by atoms with E-state index in [1.54, 1.807) is 6.07 Å². The van der Waals surface area contributed by atoms with Gasteiger partial charge in [0.2, 0.25) is 0 Å². The van der Waals surface area contributed by atoms with Crippen LogP contribution in [0.2, 0.25) is 5.02 Å². The predicted octanol–water partition coefficient (Wildman–Crippen LogP) is 5.94. The Bertz CT molecular complexity index is 1090. The lowest BCUT2D eigenvalue weighted by Gasteiger charge is -2.11. The standard InChI is InChI=1S/C21H14BrClN2O3S/c22-14-3-1-13(2-4-14)12-25-20(26)18(24-21(25)27)11-16-7-10-19(28-16)29-17-8-5-15(23)6-9-17/h1-11H,12H2,(H,24,27)/b18-11+. The van der Waals surface area contributed by atoms with Crippen molar-refractivity contribution in [2.24, 2.45) is 0 Å². The van der Waals surface area contributed by atoms with Crippen LogP contribution in [-0.2, 0) is 11.3 Å². The summed E-state index contributed by atoms with van der Waals surface area (Å²) in [6.07, 6.45) is 1.54. The van der Waals surface area contributed by atoms with Crippen molar-refractivity contribution in [1.82, 2.24) is 10.2 Å². The van der Waals surface area contributed by atoms with E-state index in [1.165, 1.54) is 22.7 Å². The highest BCUT2D eigenvalue weighted by Gasteiger charge is 2.33. The molecular formula is C21H14BrClN2O3S. The molecule has 0 aliphatic carbocycles. The molecule has 1 aliphatic rings. The first-order valence-corrected chi connectivity index (χ1v) is 10.6. The van der Waals surface area contributed by atoms with E-state index >= 15 is 0 Å². The van der Waals surface area contributed by atoms with Gasteiger partial charge in [0.15, 0.2) is 5.09 Å². The molecule has 1 aliphatic heterocycles. The van der Waals surface area contributed by atoms with Gasteiger partial charge in [0.25, 0.3) is 5.91 Å². The second-order valence-corrected chi connectivity index (χ2v) is 8.65. The van der Waals surface area contributed by atoms with Crippen molar-refractivity contribution >= 4 is 57.3 Å². The zero-order chi connectivity index (χ0) is 20.4.